The Morgan fingerprint density at radius 3 is 2.57 bits per heavy atom. The predicted molar refractivity (Wildman–Crippen MR) is 103 cm³/mol. The monoisotopic (exact) mass is 387 g/mol. The highest BCUT2D eigenvalue weighted by molar-refractivity contribution is 5.70. The van der Waals surface area contributed by atoms with Gasteiger partial charge in [0.25, 0.3) is 5.56 Å². The first-order chi connectivity index (χ1) is 13.4. The lowest BCUT2D eigenvalue weighted by molar-refractivity contribution is -0.316. The van der Waals surface area contributed by atoms with Gasteiger partial charge >= 0.3 is 0 Å². The van der Waals surface area contributed by atoms with Crippen LogP contribution < -0.4 is 15.4 Å². The van der Waals surface area contributed by atoms with Gasteiger partial charge in [0.05, 0.1) is 12.5 Å². The topological polar surface area (TPSA) is 93.5 Å². The second kappa shape index (κ2) is 10.6. The minimum atomic E-state index is -1.22. The van der Waals surface area contributed by atoms with Crippen LogP contribution in [0.25, 0.3) is 0 Å². The van der Waals surface area contributed by atoms with E-state index >= 15 is 0 Å². The minimum absolute atomic E-state index is 0.0702. The quantitative estimate of drug-likeness (QED) is 0.577. The number of rotatable bonds is 11. The Bertz CT molecular complexity index is 830. The van der Waals surface area contributed by atoms with E-state index in [2.05, 4.69) is 4.98 Å². The van der Waals surface area contributed by atoms with E-state index in [9.17, 15) is 14.7 Å². The van der Waals surface area contributed by atoms with E-state index in [4.69, 9.17) is 9.47 Å². The average Bonchev–Trinajstić information content (AvgIpc) is 2.65. The Morgan fingerprint density at radius 2 is 1.96 bits per heavy atom. The molecule has 1 atom stereocenters. The Morgan fingerprint density at radius 1 is 1.25 bits per heavy atom. The summed E-state index contributed by atoms with van der Waals surface area (Å²) in [5.41, 5.74) is 1.47. The van der Waals surface area contributed by atoms with Crippen molar-refractivity contribution in [2.45, 2.75) is 52.7 Å². The zero-order valence-corrected chi connectivity index (χ0v) is 16.6. The summed E-state index contributed by atoms with van der Waals surface area (Å²) in [6, 6.07) is 8.67. The standard InChI is InChI=1S/C21H28N2O5/c1-4-6-19-22-15(3)13-20(24)23(19)11-12-28-17-9-7-16(8-10-17)14-18(21(25)26)27-5-2/h7-10,13,18H,4-6,11-12,14H2,1-3H3,(H,25,26)/p-1. The van der Waals surface area contributed by atoms with Crippen LogP contribution in [0.4, 0.5) is 0 Å². The largest absolute Gasteiger partial charge is 0.547 e. The fourth-order valence-corrected chi connectivity index (χ4v) is 2.94. The van der Waals surface area contributed by atoms with Gasteiger partial charge < -0.3 is 19.4 Å². The van der Waals surface area contributed by atoms with Crippen molar-refractivity contribution in [1.29, 1.82) is 0 Å². The molecule has 0 aliphatic heterocycles. The molecule has 0 spiro atoms. The number of benzene rings is 1. The van der Waals surface area contributed by atoms with Gasteiger partial charge in [0.15, 0.2) is 0 Å². The van der Waals surface area contributed by atoms with Crippen molar-refractivity contribution in [3.05, 3.63) is 57.8 Å². The van der Waals surface area contributed by atoms with Gasteiger partial charge in [0, 0.05) is 31.2 Å². The zero-order chi connectivity index (χ0) is 20.5. The molecule has 2 aromatic rings. The molecule has 1 heterocycles. The summed E-state index contributed by atoms with van der Waals surface area (Å²) in [6.07, 6.45) is 0.925. The molecule has 0 fully saturated rings. The highest BCUT2D eigenvalue weighted by Gasteiger charge is 2.11. The Labute approximate surface area is 164 Å². The van der Waals surface area contributed by atoms with Crippen LogP contribution in [0.15, 0.2) is 35.1 Å². The van der Waals surface area contributed by atoms with Gasteiger partial charge in [-0.2, -0.15) is 0 Å². The molecule has 2 rings (SSSR count). The molecule has 7 nitrogen and oxygen atoms in total. The molecular weight excluding hydrogens is 360 g/mol. The fraction of sp³-hybridized carbons (Fsp3) is 0.476. The molecular formula is C21H27N2O5-. The summed E-state index contributed by atoms with van der Waals surface area (Å²) in [6.45, 7) is 6.68. The van der Waals surface area contributed by atoms with Gasteiger partial charge in [-0.05, 0) is 38.0 Å². The van der Waals surface area contributed by atoms with Crippen LogP contribution in [0.5, 0.6) is 5.75 Å². The number of ether oxygens (including phenoxy) is 2. The summed E-state index contributed by atoms with van der Waals surface area (Å²) in [5.74, 6) is 0.202. The van der Waals surface area contributed by atoms with E-state index in [1.54, 1.807) is 35.8 Å². The van der Waals surface area contributed by atoms with E-state index in [0.29, 0.717) is 25.5 Å². The summed E-state index contributed by atoms with van der Waals surface area (Å²) in [4.78, 5) is 27.8. The maximum absolute atomic E-state index is 12.2. The Hall–Kier alpha value is -2.67. The lowest BCUT2D eigenvalue weighted by atomic mass is 10.1. The Balaban J connectivity index is 1.95. The molecule has 0 aliphatic rings. The second-order valence-electron chi connectivity index (χ2n) is 6.51. The molecule has 0 saturated heterocycles. The van der Waals surface area contributed by atoms with E-state index in [1.807, 2.05) is 13.8 Å². The van der Waals surface area contributed by atoms with Gasteiger partial charge in [-0.25, -0.2) is 4.98 Å². The van der Waals surface area contributed by atoms with Crippen LogP contribution in [0, 0.1) is 6.92 Å². The smallest absolute Gasteiger partial charge is 0.253 e. The highest BCUT2D eigenvalue weighted by Crippen LogP contribution is 2.14. The average molecular weight is 387 g/mol. The molecule has 0 saturated carbocycles. The van der Waals surface area contributed by atoms with E-state index < -0.39 is 12.1 Å². The number of carboxylic acid groups (broad SMARTS) is 1. The summed E-state index contributed by atoms with van der Waals surface area (Å²) >= 11 is 0. The van der Waals surface area contributed by atoms with Gasteiger partial charge in [-0.3, -0.25) is 9.36 Å². The summed E-state index contributed by atoms with van der Waals surface area (Å²) < 4.78 is 12.6. The number of aryl methyl sites for hydroxylation is 2. The normalized spacial score (nSPS) is 12.0. The van der Waals surface area contributed by atoms with Crippen molar-refractivity contribution in [2.24, 2.45) is 0 Å². The first-order valence-electron chi connectivity index (χ1n) is 9.56. The molecule has 0 N–H and O–H groups in total. The lowest BCUT2D eigenvalue weighted by Crippen LogP contribution is -2.39. The summed E-state index contributed by atoms with van der Waals surface area (Å²) in [7, 11) is 0. The van der Waals surface area contributed by atoms with Crippen LogP contribution in [0.3, 0.4) is 0 Å². The third kappa shape index (κ3) is 6.20. The molecule has 0 amide bonds. The van der Waals surface area contributed by atoms with E-state index in [1.165, 1.54) is 6.07 Å². The van der Waals surface area contributed by atoms with Crippen LogP contribution >= 0.6 is 0 Å². The number of nitrogens with zero attached hydrogens (tertiary/aromatic N) is 2. The molecule has 1 aromatic heterocycles. The minimum Gasteiger partial charge on any atom is -0.547 e. The zero-order valence-electron chi connectivity index (χ0n) is 16.6. The number of carbonyl (C=O) groups excluding carboxylic acids is 1. The molecule has 7 heteroatoms. The molecule has 152 valence electrons. The molecule has 1 aromatic carbocycles. The molecule has 0 aliphatic carbocycles. The number of carbonyl (C=O) groups is 1. The van der Waals surface area contributed by atoms with Crippen LogP contribution in [0.1, 0.15) is 37.4 Å². The lowest BCUT2D eigenvalue weighted by Gasteiger charge is -2.18. The number of aliphatic carboxylic acids is 1. The van der Waals surface area contributed by atoms with Crippen molar-refractivity contribution in [1.82, 2.24) is 9.55 Å². The third-order valence-electron chi connectivity index (χ3n) is 4.25. The number of hydrogen-bond acceptors (Lipinski definition) is 6. The van der Waals surface area contributed by atoms with Crippen molar-refractivity contribution < 1.29 is 19.4 Å². The molecule has 1 unspecified atom stereocenters. The van der Waals surface area contributed by atoms with Crippen LogP contribution in [0.2, 0.25) is 0 Å². The maximum Gasteiger partial charge on any atom is 0.253 e. The third-order valence-corrected chi connectivity index (χ3v) is 4.25. The summed E-state index contributed by atoms with van der Waals surface area (Å²) in [5, 5.41) is 11.1. The van der Waals surface area contributed by atoms with Crippen molar-refractivity contribution >= 4 is 5.97 Å². The molecule has 0 radical (unpaired) electrons. The number of carboxylic acids is 1. The SMILES string of the molecule is CCCc1nc(C)cc(=O)n1CCOc1ccc(CC(OCC)C(=O)[O-])cc1. The Kier molecular flexibility index (Phi) is 8.19. The highest BCUT2D eigenvalue weighted by atomic mass is 16.5. The fourth-order valence-electron chi connectivity index (χ4n) is 2.94. The first-order valence-corrected chi connectivity index (χ1v) is 9.56. The van der Waals surface area contributed by atoms with Crippen LogP contribution in [-0.2, 0) is 28.9 Å². The van der Waals surface area contributed by atoms with Gasteiger partial charge in [0.2, 0.25) is 0 Å². The predicted octanol–water partition coefficient (Wildman–Crippen LogP) is 1.28. The van der Waals surface area contributed by atoms with E-state index in [-0.39, 0.29) is 12.0 Å². The van der Waals surface area contributed by atoms with Gasteiger partial charge in [-0.15, -0.1) is 0 Å². The second-order valence-corrected chi connectivity index (χ2v) is 6.51. The van der Waals surface area contributed by atoms with Crippen molar-refractivity contribution in [3.63, 3.8) is 0 Å². The van der Waals surface area contributed by atoms with Gasteiger partial charge in [-0.1, -0.05) is 19.1 Å². The molecule has 28 heavy (non-hydrogen) atoms. The van der Waals surface area contributed by atoms with Crippen LogP contribution in [-0.4, -0.2) is 34.8 Å². The van der Waals surface area contributed by atoms with E-state index in [0.717, 1.165) is 29.9 Å². The number of aromatic nitrogens is 2. The maximum atomic E-state index is 12.2. The van der Waals surface area contributed by atoms with Crippen molar-refractivity contribution in [3.8, 4) is 5.75 Å². The first kappa shape index (κ1) is 21.6. The van der Waals surface area contributed by atoms with Gasteiger partial charge in [0.1, 0.15) is 24.3 Å². The number of hydrogen-bond donors (Lipinski definition) is 0. The molecule has 0 bridgehead atoms. The van der Waals surface area contributed by atoms with Crippen molar-refractivity contribution in [2.75, 3.05) is 13.2 Å².